The fourth-order valence-electron chi connectivity index (χ4n) is 3.70. The minimum Gasteiger partial charge on any atom is -0.452 e. The molecule has 1 aliphatic rings. The first kappa shape index (κ1) is 17.2. The highest BCUT2D eigenvalue weighted by atomic mass is 16.5. The van der Waals surface area contributed by atoms with Crippen LogP contribution in [-0.4, -0.2) is 29.5 Å². The lowest BCUT2D eigenvalue weighted by molar-refractivity contribution is -0.122. The number of benzene rings is 2. The molecule has 2 heterocycles. The predicted molar refractivity (Wildman–Crippen MR) is 104 cm³/mol. The van der Waals surface area contributed by atoms with Gasteiger partial charge in [0.25, 0.3) is 5.91 Å². The summed E-state index contributed by atoms with van der Waals surface area (Å²) in [6.45, 7) is 3.55. The van der Waals surface area contributed by atoms with E-state index in [9.17, 15) is 9.59 Å². The molecule has 0 bridgehead atoms. The number of ether oxygens (including phenoxy) is 1. The van der Waals surface area contributed by atoms with E-state index in [0.717, 1.165) is 34.3 Å². The van der Waals surface area contributed by atoms with Gasteiger partial charge in [0, 0.05) is 22.8 Å². The zero-order valence-electron chi connectivity index (χ0n) is 15.3. The number of aryl methyl sites for hydroxylation is 1. The summed E-state index contributed by atoms with van der Waals surface area (Å²) in [5.74, 6) is -0.721. The van der Waals surface area contributed by atoms with Crippen LogP contribution in [0.3, 0.4) is 0 Å². The molecule has 5 heteroatoms. The summed E-state index contributed by atoms with van der Waals surface area (Å²) in [6, 6.07) is 17.0. The molecule has 3 aromatic rings. The molecule has 0 spiro atoms. The smallest absolute Gasteiger partial charge is 0.339 e. The molecule has 1 aromatic heterocycles. The van der Waals surface area contributed by atoms with Crippen molar-refractivity contribution < 1.29 is 14.3 Å². The number of amides is 1. The number of fused-ring (bicyclic) bond motifs is 2. The van der Waals surface area contributed by atoms with Crippen molar-refractivity contribution in [1.29, 1.82) is 0 Å². The molecule has 4 rings (SSSR count). The Morgan fingerprint density at radius 1 is 1.15 bits per heavy atom. The Morgan fingerprint density at radius 3 is 2.74 bits per heavy atom. The van der Waals surface area contributed by atoms with Crippen LogP contribution < -0.4 is 4.90 Å². The Balaban J connectivity index is 1.53. The Morgan fingerprint density at radius 2 is 1.89 bits per heavy atom. The zero-order valence-corrected chi connectivity index (χ0v) is 15.3. The molecule has 1 amide bonds. The highest BCUT2D eigenvalue weighted by Crippen LogP contribution is 2.31. The van der Waals surface area contributed by atoms with Crippen LogP contribution in [0.1, 0.15) is 28.5 Å². The van der Waals surface area contributed by atoms with E-state index in [0.29, 0.717) is 5.56 Å². The van der Waals surface area contributed by atoms with E-state index in [1.807, 2.05) is 62.4 Å². The molecule has 136 valence electrons. The second kappa shape index (κ2) is 6.83. The molecule has 0 saturated carbocycles. The normalized spacial score (nSPS) is 15.6. The number of aromatic nitrogens is 1. The fraction of sp³-hybridized carbons (Fsp3) is 0.227. The Bertz CT molecular complexity index is 1040. The van der Waals surface area contributed by atoms with Crippen molar-refractivity contribution >= 4 is 28.5 Å². The van der Waals surface area contributed by atoms with Crippen LogP contribution in [0.2, 0.25) is 0 Å². The number of carbonyl (C=O) groups is 2. The Hall–Kier alpha value is -3.21. The van der Waals surface area contributed by atoms with E-state index in [2.05, 4.69) is 4.98 Å². The van der Waals surface area contributed by atoms with Gasteiger partial charge in [-0.3, -0.25) is 9.78 Å². The first-order valence-electron chi connectivity index (χ1n) is 8.98. The van der Waals surface area contributed by atoms with Crippen molar-refractivity contribution in [2.45, 2.75) is 26.3 Å². The second-order valence-electron chi connectivity index (χ2n) is 6.85. The first-order chi connectivity index (χ1) is 13.0. The van der Waals surface area contributed by atoms with Crippen molar-refractivity contribution in [3.63, 3.8) is 0 Å². The number of esters is 1. The van der Waals surface area contributed by atoms with Gasteiger partial charge in [0.1, 0.15) is 0 Å². The van der Waals surface area contributed by atoms with Gasteiger partial charge in [0.15, 0.2) is 6.61 Å². The van der Waals surface area contributed by atoms with Gasteiger partial charge >= 0.3 is 5.97 Å². The number of rotatable bonds is 3. The van der Waals surface area contributed by atoms with Crippen molar-refractivity contribution in [1.82, 2.24) is 4.98 Å². The number of hydrogen-bond acceptors (Lipinski definition) is 4. The van der Waals surface area contributed by atoms with Crippen molar-refractivity contribution in [3.05, 3.63) is 71.4 Å². The van der Waals surface area contributed by atoms with E-state index in [4.69, 9.17) is 4.74 Å². The fourth-order valence-corrected chi connectivity index (χ4v) is 3.70. The average molecular weight is 360 g/mol. The van der Waals surface area contributed by atoms with Crippen LogP contribution in [0.15, 0.2) is 54.6 Å². The van der Waals surface area contributed by atoms with E-state index < -0.39 is 5.97 Å². The second-order valence-corrected chi connectivity index (χ2v) is 6.85. The number of hydrogen-bond donors (Lipinski definition) is 0. The summed E-state index contributed by atoms with van der Waals surface area (Å²) in [5, 5.41) is 0.723. The SMILES string of the molecule is Cc1cc(C(=O)OCC(=O)N2c3ccccc3C[C@@H]2C)c2ccccc2n1. The largest absolute Gasteiger partial charge is 0.452 e. The maximum atomic E-state index is 12.7. The molecule has 27 heavy (non-hydrogen) atoms. The van der Waals surface area contributed by atoms with E-state index >= 15 is 0 Å². The van der Waals surface area contributed by atoms with Crippen LogP contribution in [-0.2, 0) is 16.0 Å². The Kier molecular flexibility index (Phi) is 4.36. The lowest BCUT2D eigenvalue weighted by Crippen LogP contribution is -2.38. The van der Waals surface area contributed by atoms with E-state index in [1.165, 1.54) is 0 Å². The summed E-state index contributed by atoms with van der Waals surface area (Å²) in [5.41, 5.74) is 3.93. The molecule has 1 aliphatic heterocycles. The van der Waals surface area contributed by atoms with Crippen molar-refractivity contribution in [2.24, 2.45) is 0 Å². The predicted octanol–water partition coefficient (Wildman–Crippen LogP) is 3.68. The molecule has 0 aliphatic carbocycles. The third-order valence-corrected chi connectivity index (χ3v) is 4.87. The van der Waals surface area contributed by atoms with E-state index in [1.54, 1.807) is 11.0 Å². The lowest BCUT2D eigenvalue weighted by Gasteiger charge is -2.22. The van der Waals surface area contributed by atoms with Gasteiger partial charge in [-0.1, -0.05) is 36.4 Å². The molecule has 1 atom stereocenters. The molecule has 0 N–H and O–H groups in total. The number of anilines is 1. The maximum absolute atomic E-state index is 12.7. The van der Waals surface area contributed by atoms with Crippen LogP contribution in [0, 0.1) is 6.92 Å². The number of pyridine rings is 1. The van der Waals surface area contributed by atoms with Crippen molar-refractivity contribution in [2.75, 3.05) is 11.5 Å². The van der Waals surface area contributed by atoms with Gasteiger partial charge in [-0.05, 0) is 44.0 Å². The van der Waals surface area contributed by atoms with E-state index in [-0.39, 0.29) is 18.6 Å². The molecule has 5 nitrogen and oxygen atoms in total. The third-order valence-electron chi connectivity index (χ3n) is 4.87. The summed E-state index contributed by atoms with van der Waals surface area (Å²) < 4.78 is 5.37. The molecular weight excluding hydrogens is 340 g/mol. The van der Waals surface area contributed by atoms with Gasteiger partial charge in [-0.15, -0.1) is 0 Å². The van der Waals surface area contributed by atoms with Crippen LogP contribution in [0.5, 0.6) is 0 Å². The molecule has 2 aromatic carbocycles. The van der Waals surface area contributed by atoms with Crippen LogP contribution >= 0.6 is 0 Å². The topological polar surface area (TPSA) is 59.5 Å². The van der Waals surface area contributed by atoms with Gasteiger partial charge in [0.05, 0.1) is 11.1 Å². The standard InChI is InChI=1S/C22H20N2O3/c1-14-11-18(17-8-4-5-9-19(17)23-14)22(26)27-13-21(25)24-15(2)12-16-7-3-6-10-20(16)24/h3-11,15H,12-13H2,1-2H3/t15-/m0/s1. The van der Waals surface area contributed by atoms with Gasteiger partial charge in [0.2, 0.25) is 0 Å². The summed E-state index contributed by atoms with van der Waals surface area (Å²) in [6.07, 6.45) is 0.810. The summed E-state index contributed by atoms with van der Waals surface area (Å²) in [7, 11) is 0. The van der Waals surface area contributed by atoms with Gasteiger partial charge in [-0.2, -0.15) is 0 Å². The maximum Gasteiger partial charge on any atom is 0.339 e. The monoisotopic (exact) mass is 360 g/mol. The first-order valence-corrected chi connectivity index (χ1v) is 8.98. The number of carbonyl (C=O) groups excluding carboxylic acids is 2. The average Bonchev–Trinajstić information content (AvgIpc) is 3.00. The lowest BCUT2D eigenvalue weighted by atomic mass is 10.1. The summed E-state index contributed by atoms with van der Waals surface area (Å²) in [4.78, 5) is 31.5. The van der Waals surface area contributed by atoms with Crippen molar-refractivity contribution in [3.8, 4) is 0 Å². The van der Waals surface area contributed by atoms with Crippen LogP contribution in [0.4, 0.5) is 5.69 Å². The number of nitrogens with zero attached hydrogens (tertiary/aromatic N) is 2. The van der Waals surface area contributed by atoms with Gasteiger partial charge < -0.3 is 9.64 Å². The minimum absolute atomic E-state index is 0.0533. The van der Waals surface area contributed by atoms with Gasteiger partial charge in [-0.25, -0.2) is 4.79 Å². The minimum atomic E-state index is -0.509. The molecule has 0 unspecified atom stereocenters. The summed E-state index contributed by atoms with van der Waals surface area (Å²) >= 11 is 0. The molecular formula is C22H20N2O3. The quantitative estimate of drug-likeness (QED) is 0.669. The van der Waals surface area contributed by atoms with Crippen LogP contribution in [0.25, 0.3) is 10.9 Å². The zero-order chi connectivity index (χ0) is 19.0. The highest BCUT2D eigenvalue weighted by Gasteiger charge is 2.31. The molecule has 0 saturated heterocycles. The number of para-hydroxylation sites is 2. The molecule has 0 fully saturated rings. The molecule has 0 radical (unpaired) electrons. The highest BCUT2D eigenvalue weighted by molar-refractivity contribution is 6.05. The third kappa shape index (κ3) is 3.16. The Labute approximate surface area is 157 Å².